The molecule has 0 saturated heterocycles. The molecule has 2 aromatic rings. The second-order valence-corrected chi connectivity index (χ2v) is 5.41. The number of methoxy groups -OCH3 is 1. The van der Waals surface area contributed by atoms with Crippen molar-refractivity contribution in [2.75, 3.05) is 12.4 Å². The zero-order valence-electron chi connectivity index (χ0n) is 13.2. The van der Waals surface area contributed by atoms with Gasteiger partial charge in [-0.25, -0.2) is 0 Å². The molecule has 0 heterocycles. The van der Waals surface area contributed by atoms with Gasteiger partial charge in [0.2, 0.25) is 0 Å². The van der Waals surface area contributed by atoms with Crippen molar-refractivity contribution in [1.29, 1.82) is 0 Å². The number of rotatable bonds is 5. The molecule has 0 atom stereocenters. The highest BCUT2D eigenvalue weighted by molar-refractivity contribution is 6.04. The highest BCUT2D eigenvalue weighted by Crippen LogP contribution is 2.18. The zero-order chi connectivity index (χ0) is 15.9. The second kappa shape index (κ2) is 7.46. The molecule has 0 radical (unpaired) electrons. The number of carbonyl (C=O) groups excluding carboxylic acids is 1. The number of benzene rings is 2. The van der Waals surface area contributed by atoms with Gasteiger partial charge in [-0.05, 0) is 35.7 Å². The van der Waals surface area contributed by atoms with Gasteiger partial charge in [0.15, 0.2) is 0 Å². The molecule has 0 saturated carbocycles. The summed E-state index contributed by atoms with van der Waals surface area (Å²) < 4.78 is 5.15. The summed E-state index contributed by atoms with van der Waals surface area (Å²) in [5, 5.41) is 2.87. The van der Waals surface area contributed by atoms with Gasteiger partial charge in [-0.15, -0.1) is 0 Å². The molecular formula is C19H21NO2. The molecule has 0 aliphatic carbocycles. The lowest BCUT2D eigenvalue weighted by Gasteiger charge is -2.07. The fourth-order valence-corrected chi connectivity index (χ4v) is 1.95. The molecule has 0 aliphatic rings. The van der Waals surface area contributed by atoms with E-state index in [0.29, 0.717) is 22.9 Å². The van der Waals surface area contributed by atoms with E-state index in [9.17, 15) is 4.79 Å². The van der Waals surface area contributed by atoms with Crippen molar-refractivity contribution in [3.63, 3.8) is 0 Å². The molecule has 2 aromatic carbocycles. The number of carbonyl (C=O) groups is 1. The molecule has 0 spiro atoms. The number of hydrogen-bond donors (Lipinski definition) is 1. The van der Waals surface area contributed by atoms with Crippen molar-refractivity contribution < 1.29 is 9.53 Å². The predicted molar refractivity (Wildman–Crippen MR) is 91.3 cm³/mol. The number of anilines is 1. The Bertz CT molecular complexity index is 657. The van der Waals surface area contributed by atoms with Crippen LogP contribution >= 0.6 is 0 Å². The van der Waals surface area contributed by atoms with Crippen LogP contribution < -0.4 is 10.1 Å². The Morgan fingerprint density at radius 1 is 1.14 bits per heavy atom. The molecule has 0 unspecified atom stereocenters. The highest BCUT2D eigenvalue weighted by atomic mass is 16.5. The van der Waals surface area contributed by atoms with Crippen LogP contribution in [0, 0.1) is 5.92 Å². The lowest BCUT2D eigenvalue weighted by molar-refractivity contribution is 0.102. The molecule has 3 heteroatoms. The maximum atomic E-state index is 12.2. The minimum Gasteiger partial charge on any atom is -0.497 e. The predicted octanol–water partition coefficient (Wildman–Crippen LogP) is 4.62. The number of amides is 1. The summed E-state index contributed by atoms with van der Waals surface area (Å²) >= 11 is 0. The number of nitrogens with one attached hydrogen (secondary N) is 1. The lowest BCUT2D eigenvalue weighted by Crippen LogP contribution is -2.11. The summed E-state index contributed by atoms with van der Waals surface area (Å²) in [6.45, 7) is 4.26. The molecular weight excluding hydrogens is 274 g/mol. The van der Waals surface area contributed by atoms with E-state index in [4.69, 9.17) is 4.74 Å². The van der Waals surface area contributed by atoms with Crippen LogP contribution in [0.2, 0.25) is 0 Å². The van der Waals surface area contributed by atoms with E-state index in [-0.39, 0.29) is 5.91 Å². The van der Waals surface area contributed by atoms with Crippen molar-refractivity contribution in [3.05, 3.63) is 65.7 Å². The summed E-state index contributed by atoms with van der Waals surface area (Å²) in [7, 11) is 1.60. The van der Waals surface area contributed by atoms with Crippen molar-refractivity contribution in [3.8, 4) is 5.75 Å². The molecule has 0 aliphatic heterocycles. The zero-order valence-corrected chi connectivity index (χ0v) is 13.2. The van der Waals surface area contributed by atoms with Gasteiger partial charge >= 0.3 is 0 Å². The molecule has 1 N–H and O–H groups in total. The van der Waals surface area contributed by atoms with Crippen molar-refractivity contribution in [2.45, 2.75) is 13.8 Å². The molecule has 0 fully saturated rings. The summed E-state index contributed by atoms with van der Waals surface area (Å²) in [5.41, 5.74) is 2.43. The van der Waals surface area contributed by atoms with Crippen LogP contribution in [0.15, 0.2) is 54.6 Å². The van der Waals surface area contributed by atoms with Gasteiger partial charge in [0.05, 0.1) is 7.11 Å². The summed E-state index contributed by atoms with van der Waals surface area (Å²) in [5.74, 6) is 1.09. The lowest BCUT2D eigenvalue weighted by atomic mass is 10.1. The van der Waals surface area contributed by atoms with E-state index >= 15 is 0 Å². The third-order valence-electron chi connectivity index (χ3n) is 3.17. The van der Waals surface area contributed by atoms with Crippen molar-refractivity contribution >= 4 is 17.7 Å². The normalized spacial score (nSPS) is 10.9. The van der Waals surface area contributed by atoms with E-state index < -0.39 is 0 Å². The minimum atomic E-state index is -0.132. The first-order valence-corrected chi connectivity index (χ1v) is 7.32. The Labute approximate surface area is 131 Å². The van der Waals surface area contributed by atoms with E-state index in [0.717, 1.165) is 5.56 Å². The van der Waals surface area contributed by atoms with Gasteiger partial charge in [0.25, 0.3) is 5.91 Å². The maximum Gasteiger partial charge on any atom is 0.255 e. The monoisotopic (exact) mass is 295 g/mol. The molecule has 1 amide bonds. The van der Waals surface area contributed by atoms with Crippen LogP contribution in [-0.4, -0.2) is 13.0 Å². The van der Waals surface area contributed by atoms with Crippen LogP contribution in [0.5, 0.6) is 5.75 Å². The topological polar surface area (TPSA) is 38.3 Å². The minimum absolute atomic E-state index is 0.132. The van der Waals surface area contributed by atoms with E-state index in [1.165, 1.54) is 0 Å². The van der Waals surface area contributed by atoms with Crippen molar-refractivity contribution in [2.24, 2.45) is 5.92 Å². The average molecular weight is 295 g/mol. The van der Waals surface area contributed by atoms with Gasteiger partial charge in [-0.1, -0.05) is 44.2 Å². The smallest absolute Gasteiger partial charge is 0.255 e. The Hall–Kier alpha value is -2.55. The number of ether oxygens (including phenoxy) is 1. The van der Waals surface area contributed by atoms with Crippen LogP contribution in [0.4, 0.5) is 5.69 Å². The number of hydrogen-bond acceptors (Lipinski definition) is 2. The number of allylic oxidation sites excluding steroid dienone is 1. The van der Waals surface area contributed by atoms with E-state index in [1.54, 1.807) is 13.2 Å². The van der Waals surface area contributed by atoms with Crippen LogP contribution in [0.1, 0.15) is 29.8 Å². The highest BCUT2D eigenvalue weighted by Gasteiger charge is 2.06. The third kappa shape index (κ3) is 4.48. The summed E-state index contributed by atoms with van der Waals surface area (Å²) in [4.78, 5) is 12.2. The van der Waals surface area contributed by atoms with Gasteiger partial charge in [0.1, 0.15) is 5.75 Å². The third-order valence-corrected chi connectivity index (χ3v) is 3.17. The van der Waals surface area contributed by atoms with Gasteiger partial charge in [-0.2, -0.15) is 0 Å². The van der Waals surface area contributed by atoms with Crippen LogP contribution in [0.3, 0.4) is 0 Å². The first-order chi connectivity index (χ1) is 10.6. The van der Waals surface area contributed by atoms with Gasteiger partial charge < -0.3 is 10.1 Å². The average Bonchev–Trinajstić information content (AvgIpc) is 2.53. The van der Waals surface area contributed by atoms with E-state index in [2.05, 4.69) is 31.3 Å². The maximum absolute atomic E-state index is 12.2. The Morgan fingerprint density at radius 3 is 2.50 bits per heavy atom. The first kappa shape index (κ1) is 15.8. The fourth-order valence-electron chi connectivity index (χ4n) is 1.95. The summed E-state index contributed by atoms with van der Waals surface area (Å²) in [6, 6.07) is 14.8. The molecule has 0 aromatic heterocycles. The quantitative estimate of drug-likeness (QED) is 0.874. The van der Waals surface area contributed by atoms with Gasteiger partial charge in [0, 0.05) is 17.3 Å². The Balaban J connectivity index is 2.06. The second-order valence-electron chi connectivity index (χ2n) is 5.41. The van der Waals surface area contributed by atoms with Crippen molar-refractivity contribution in [1.82, 2.24) is 0 Å². The molecule has 3 nitrogen and oxygen atoms in total. The Kier molecular flexibility index (Phi) is 5.37. The Morgan fingerprint density at radius 2 is 1.86 bits per heavy atom. The van der Waals surface area contributed by atoms with Crippen LogP contribution in [-0.2, 0) is 0 Å². The standard InChI is InChI=1S/C19H21NO2/c1-14(2)7-8-15-9-11-16(12-10-15)19(21)20-17-5-4-6-18(13-17)22-3/h4-14H,1-3H3,(H,20,21)/b8-7+. The molecule has 22 heavy (non-hydrogen) atoms. The molecule has 0 bridgehead atoms. The molecule has 2 rings (SSSR count). The molecule has 114 valence electrons. The fraction of sp³-hybridized carbons (Fsp3) is 0.211. The van der Waals surface area contributed by atoms with Gasteiger partial charge in [-0.3, -0.25) is 4.79 Å². The van der Waals surface area contributed by atoms with E-state index in [1.807, 2.05) is 42.5 Å². The van der Waals surface area contributed by atoms with Crippen LogP contribution in [0.25, 0.3) is 6.08 Å². The SMILES string of the molecule is COc1cccc(NC(=O)c2ccc(/C=C/C(C)C)cc2)c1. The first-order valence-electron chi connectivity index (χ1n) is 7.32. The summed E-state index contributed by atoms with van der Waals surface area (Å²) in [6.07, 6.45) is 4.19. The largest absolute Gasteiger partial charge is 0.497 e.